The maximum Gasteiger partial charge on any atom is 0.141 e. The number of halogens is 1. The molecule has 0 aliphatic heterocycles. The van der Waals surface area contributed by atoms with Crippen molar-refractivity contribution in [1.82, 2.24) is 0 Å². The van der Waals surface area contributed by atoms with E-state index in [1.54, 1.807) is 0 Å². The quantitative estimate of drug-likeness (QED) is 0.543. The number of aliphatic hydroxyl groups is 1. The fraction of sp³-hybridized carbons (Fsp3) is 1.00. The fourth-order valence-electron chi connectivity index (χ4n) is 1.55. The highest BCUT2D eigenvalue weighted by molar-refractivity contribution is 6.22. The molecule has 3 unspecified atom stereocenters. The largest absolute Gasteiger partial charge is 0.375 e. The molecule has 0 saturated heterocycles. The van der Waals surface area contributed by atoms with Crippen molar-refractivity contribution in [3.63, 3.8) is 0 Å². The van der Waals surface area contributed by atoms with Gasteiger partial charge in [-0.2, -0.15) is 0 Å². The maximum absolute atomic E-state index is 9.58. The van der Waals surface area contributed by atoms with Crippen LogP contribution >= 0.6 is 11.6 Å². The summed E-state index contributed by atoms with van der Waals surface area (Å²) >= 11 is 5.87. The van der Waals surface area contributed by atoms with E-state index in [2.05, 4.69) is 6.92 Å². The minimum absolute atomic E-state index is 0.255. The molecule has 1 fully saturated rings. The molecule has 0 aromatic heterocycles. The molecule has 10 heavy (non-hydrogen) atoms. The first-order valence-corrected chi connectivity index (χ1v) is 4.31. The second-order valence-corrected chi connectivity index (χ2v) is 4.26. The molecule has 0 spiro atoms. The van der Waals surface area contributed by atoms with Crippen LogP contribution in [0.5, 0.6) is 0 Å². The van der Waals surface area contributed by atoms with Gasteiger partial charge in [0, 0.05) is 0 Å². The molecule has 0 heterocycles. The number of hydrogen-bond donors (Lipinski definition) is 1. The zero-order valence-corrected chi connectivity index (χ0v) is 7.36. The Kier molecular flexibility index (Phi) is 2.26. The number of rotatable bonds is 0. The first-order chi connectivity index (χ1) is 4.52. The summed E-state index contributed by atoms with van der Waals surface area (Å²) in [5.41, 5.74) is 0. The van der Waals surface area contributed by atoms with Gasteiger partial charge in [0.1, 0.15) is 5.06 Å². The third-order valence-electron chi connectivity index (χ3n) is 2.48. The Morgan fingerprint density at radius 3 is 2.40 bits per heavy atom. The van der Waals surface area contributed by atoms with Crippen LogP contribution in [0.15, 0.2) is 0 Å². The van der Waals surface area contributed by atoms with Gasteiger partial charge in [0.05, 0.1) is 0 Å². The molecule has 2 heteroatoms. The number of hydrogen-bond acceptors (Lipinski definition) is 1. The normalized spacial score (nSPS) is 49.2. The standard InChI is InChI=1S/C8H15ClO/c1-6-3-4-7(2)8(9,10)5-6/h6-7,10H,3-5H2,1-2H3. The van der Waals surface area contributed by atoms with Crippen LogP contribution in [0, 0.1) is 11.8 Å². The molecule has 1 aliphatic carbocycles. The van der Waals surface area contributed by atoms with Crippen LogP contribution in [0.3, 0.4) is 0 Å². The van der Waals surface area contributed by atoms with Gasteiger partial charge in [-0.25, -0.2) is 0 Å². The van der Waals surface area contributed by atoms with E-state index < -0.39 is 5.06 Å². The topological polar surface area (TPSA) is 20.2 Å². The average molecular weight is 163 g/mol. The molecule has 1 rings (SSSR count). The summed E-state index contributed by atoms with van der Waals surface area (Å²) in [7, 11) is 0. The van der Waals surface area contributed by atoms with Crippen molar-refractivity contribution in [2.24, 2.45) is 11.8 Å². The first kappa shape index (κ1) is 8.35. The summed E-state index contributed by atoms with van der Waals surface area (Å²) < 4.78 is 0. The summed E-state index contributed by atoms with van der Waals surface area (Å²) in [6, 6.07) is 0. The van der Waals surface area contributed by atoms with Gasteiger partial charge in [0.15, 0.2) is 0 Å². The van der Waals surface area contributed by atoms with Gasteiger partial charge in [0.2, 0.25) is 0 Å². The summed E-state index contributed by atoms with van der Waals surface area (Å²) in [4.78, 5) is 0. The second kappa shape index (κ2) is 2.71. The zero-order valence-electron chi connectivity index (χ0n) is 6.60. The van der Waals surface area contributed by atoms with E-state index in [1.165, 1.54) is 6.42 Å². The van der Waals surface area contributed by atoms with Gasteiger partial charge >= 0.3 is 0 Å². The lowest BCUT2D eigenvalue weighted by molar-refractivity contribution is 0.0175. The van der Waals surface area contributed by atoms with Gasteiger partial charge in [-0.15, -0.1) is 0 Å². The lowest BCUT2D eigenvalue weighted by Crippen LogP contribution is -2.36. The molecule has 1 saturated carbocycles. The summed E-state index contributed by atoms with van der Waals surface area (Å²) in [6.45, 7) is 4.15. The van der Waals surface area contributed by atoms with Crippen molar-refractivity contribution in [2.45, 2.75) is 38.2 Å². The highest BCUT2D eigenvalue weighted by atomic mass is 35.5. The number of alkyl halides is 1. The Morgan fingerprint density at radius 2 is 2.00 bits per heavy atom. The molecule has 1 N–H and O–H groups in total. The van der Waals surface area contributed by atoms with Gasteiger partial charge in [-0.1, -0.05) is 31.9 Å². The van der Waals surface area contributed by atoms with Crippen LogP contribution in [-0.2, 0) is 0 Å². The summed E-state index contributed by atoms with van der Waals surface area (Å²) in [5, 5.41) is 8.66. The average Bonchev–Trinajstić information content (AvgIpc) is 1.78. The predicted molar refractivity (Wildman–Crippen MR) is 43.0 cm³/mol. The zero-order chi connectivity index (χ0) is 7.78. The van der Waals surface area contributed by atoms with E-state index in [1.807, 2.05) is 6.92 Å². The predicted octanol–water partition coefficient (Wildman–Crippen LogP) is 2.37. The third kappa shape index (κ3) is 1.64. The summed E-state index contributed by atoms with van der Waals surface area (Å²) in [5.74, 6) is 0.837. The van der Waals surface area contributed by atoms with Crippen molar-refractivity contribution in [1.29, 1.82) is 0 Å². The monoisotopic (exact) mass is 162 g/mol. The molecular weight excluding hydrogens is 148 g/mol. The van der Waals surface area contributed by atoms with Crippen LogP contribution in [0.25, 0.3) is 0 Å². The van der Waals surface area contributed by atoms with Crippen molar-refractivity contribution >= 4 is 11.6 Å². The highest BCUT2D eigenvalue weighted by Gasteiger charge is 2.36. The lowest BCUT2D eigenvalue weighted by atomic mass is 9.81. The van der Waals surface area contributed by atoms with Gasteiger partial charge in [-0.05, 0) is 24.7 Å². The van der Waals surface area contributed by atoms with Crippen LogP contribution in [0.2, 0.25) is 0 Å². The molecule has 0 bridgehead atoms. The van der Waals surface area contributed by atoms with E-state index in [4.69, 9.17) is 11.6 Å². The molecular formula is C8H15ClO. The molecule has 0 amide bonds. The highest BCUT2D eigenvalue weighted by Crippen LogP contribution is 2.39. The SMILES string of the molecule is CC1CCC(C)C(O)(Cl)C1. The molecule has 60 valence electrons. The van der Waals surface area contributed by atoms with Gasteiger partial charge in [0.25, 0.3) is 0 Å². The van der Waals surface area contributed by atoms with Gasteiger partial charge < -0.3 is 5.11 Å². The molecule has 0 aromatic rings. The van der Waals surface area contributed by atoms with Crippen LogP contribution in [0.4, 0.5) is 0 Å². The Hall–Kier alpha value is 0.250. The minimum Gasteiger partial charge on any atom is -0.375 e. The summed E-state index contributed by atoms with van der Waals surface area (Å²) in [6.07, 6.45) is 3.01. The van der Waals surface area contributed by atoms with Crippen molar-refractivity contribution in [2.75, 3.05) is 0 Å². The maximum atomic E-state index is 9.58. The minimum atomic E-state index is -0.919. The second-order valence-electron chi connectivity index (χ2n) is 3.61. The molecule has 3 atom stereocenters. The Balaban J connectivity index is 2.55. The van der Waals surface area contributed by atoms with Gasteiger partial charge in [-0.3, -0.25) is 0 Å². The molecule has 0 aromatic carbocycles. The van der Waals surface area contributed by atoms with Crippen molar-refractivity contribution in [3.8, 4) is 0 Å². The third-order valence-corrected chi connectivity index (χ3v) is 3.01. The van der Waals surface area contributed by atoms with Crippen molar-refractivity contribution in [3.05, 3.63) is 0 Å². The fourth-order valence-corrected chi connectivity index (χ4v) is 1.92. The van der Waals surface area contributed by atoms with E-state index in [9.17, 15) is 5.11 Å². The Bertz CT molecular complexity index is 122. The Labute approximate surface area is 67.4 Å². The molecule has 1 nitrogen and oxygen atoms in total. The smallest absolute Gasteiger partial charge is 0.141 e. The Morgan fingerprint density at radius 1 is 1.40 bits per heavy atom. The molecule has 1 aliphatic rings. The lowest BCUT2D eigenvalue weighted by Gasteiger charge is -2.35. The molecule has 0 radical (unpaired) electrons. The first-order valence-electron chi connectivity index (χ1n) is 3.93. The van der Waals surface area contributed by atoms with Crippen LogP contribution in [0.1, 0.15) is 33.1 Å². The van der Waals surface area contributed by atoms with Crippen molar-refractivity contribution < 1.29 is 5.11 Å². The van der Waals surface area contributed by atoms with E-state index >= 15 is 0 Å². The van der Waals surface area contributed by atoms with Crippen LogP contribution < -0.4 is 0 Å². The van der Waals surface area contributed by atoms with E-state index in [0.29, 0.717) is 5.92 Å². The van der Waals surface area contributed by atoms with Crippen LogP contribution in [-0.4, -0.2) is 10.2 Å². The van der Waals surface area contributed by atoms with E-state index in [-0.39, 0.29) is 5.92 Å². The van der Waals surface area contributed by atoms with E-state index in [0.717, 1.165) is 12.8 Å².